The predicted octanol–water partition coefficient (Wildman–Crippen LogP) is 1.83. The van der Waals surface area contributed by atoms with Crippen LogP contribution in [0.25, 0.3) is 0 Å². The molecule has 2 rings (SSSR count). The van der Waals surface area contributed by atoms with Gasteiger partial charge in [0, 0.05) is 25.2 Å². The van der Waals surface area contributed by atoms with Crippen molar-refractivity contribution in [3.05, 3.63) is 16.6 Å². The van der Waals surface area contributed by atoms with E-state index in [9.17, 15) is 0 Å². The molecule has 1 atom stereocenters. The molecule has 1 heterocycles. The lowest BCUT2D eigenvalue weighted by Gasteiger charge is -2.15. The van der Waals surface area contributed by atoms with Gasteiger partial charge in [0.1, 0.15) is 5.01 Å². The summed E-state index contributed by atoms with van der Waals surface area (Å²) in [6.07, 6.45) is 4.56. The van der Waals surface area contributed by atoms with Gasteiger partial charge in [-0.15, -0.1) is 11.3 Å². The molecule has 0 spiro atoms. The van der Waals surface area contributed by atoms with Crippen LogP contribution in [-0.2, 0) is 4.74 Å². The van der Waals surface area contributed by atoms with E-state index in [4.69, 9.17) is 4.74 Å². The topological polar surface area (TPSA) is 34.1 Å². The second-order valence-corrected chi connectivity index (χ2v) is 4.56. The molecule has 0 bridgehead atoms. The Bertz CT molecular complexity index is 259. The van der Waals surface area contributed by atoms with Gasteiger partial charge in [0.05, 0.1) is 12.6 Å². The van der Waals surface area contributed by atoms with Crippen LogP contribution in [0, 0.1) is 5.92 Å². The highest BCUT2D eigenvalue weighted by Gasteiger charge is 2.33. The summed E-state index contributed by atoms with van der Waals surface area (Å²) in [5.41, 5.74) is 0. The van der Waals surface area contributed by atoms with Crippen LogP contribution in [0.4, 0.5) is 0 Å². The zero-order valence-electron chi connectivity index (χ0n) is 8.40. The first kappa shape index (κ1) is 10.1. The Morgan fingerprint density at radius 3 is 3.14 bits per heavy atom. The number of aromatic nitrogens is 1. The molecular weight excluding hydrogens is 196 g/mol. The van der Waals surface area contributed by atoms with E-state index >= 15 is 0 Å². The first-order valence-corrected chi connectivity index (χ1v) is 5.91. The van der Waals surface area contributed by atoms with Crippen LogP contribution in [0.5, 0.6) is 0 Å². The van der Waals surface area contributed by atoms with Gasteiger partial charge in [-0.05, 0) is 18.8 Å². The Morgan fingerprint density at radius 2 is 2.57 bits per heavy atom. The summed E-state index contributed by atoms with van der Waals surface area (Å²) in [7, 11) is 1.73. The second-order valence-electron chi connectivity index (χ2n) is 3.63. The normalized spacial score (nSPS) is 18.4. The molecule has 1 N–H and O–H groups in total. The van der Waals surface area contributed by atoms with Gasteiger partial charge in [0.15, 0.2) is 0 Å². The van der Waals surface area contributed by atoms with Crippen molar-refractivity contribution in [3.63, 3.8) is 0 Å². The molecule has 0 aliphatic heterocycles. The Morgan fingerprint density at radius 1 is 1.71 bits per heavy atom. The summed E-state index contributed by atoms with van der Waals surface area (Å²) in [6.45, 7) is 1.69. The second kappa shape index (κ2) is 4.87. The zero-order chi connectivity index (χ0) is 9.80. The van der Waals surface area contributed by atoms with Crippen molar-refractivity contribution in [2.75, 3.05) is 20.3 Å². The molecule has 78 valence electrons. The predicted molar refractivity (Wildman–Crippen MR) is 57.5 cm³/mol. The maximum atomic E-state index is 5.03. The fourth-order valence-corrected chi connectivity index (χ4v) is 2.39. The Balaban J connectivity index is 1.88. The van der Waals surface area contributed by atoms with Crippen molar-refractivity contribution in [2.24, 2.45) is 5.92 Å². The summed E-state index contributed by atoms with van der Waals surface area (Å²) >= 11 is 1.74. The quantitative estimate of drug-likeness (QED) is 0.730. The van der Waals surface area contributed by atoms with E-state index in [-0.39, 0.29) is 0 Å². The van der Waals surface area contributed by atoms with Crippen molar-refractivity contribution in [2.45, 2.75) is 18.9 Å². The van der Waals surface area contributed by atoms with Gasteiger partial charge in [-0.1, -0.05) is 0 Å². The molecule has 0 aromatic carbocycles. The van der Waals surface area contributed by atoms with Crippen molar-refractivity contribution < 1.29 is 4.74 Å². The molecule has 0 saturated heterocycles. The molecule has 1 saturated carbocycles. The molecule has 1 aromatic rings. The van der Waals surface area contributed by atoms with Crippen LogP contribution < -0.4 is 5.32 Å². The van der Waals surface area contributed by atoms with E-state index in [1.54, 1.807) is 18.4 Å². The third-order valence-corrected chi connectivity index (χ3v) is 3.34. The Kier molecular flexibility index (Phi) is 3.50. The summed E-state index contributed by atoms with van der Waals surface area (Å²) in [4.78, 5) is 4.37. The van der Waals surface area contributed by atoms with E-state index in [0.29, 0.717) is 6.04 Å². The van der Waals surface area contributed by atoms with E-state index in [0.717, 1.165) is 19.1 Å². The highest BCUT2D eigenvalue weighted by molar-refractivity contribution is 7.09. The fourth-order valence-electron chi connectivity index (χ4n) is 1.59. The van der Waals surface area contributed by atoms with Crippen molar-refractivity contribution in [3.8, 4) is 0 Å². The van der Waals surface area contributed by atoms with E-state index in [1.165, 1.54) is 17.8 Å². The summed E-state index contributed by atoms with van der Waals surface area (Å²) in [6, 6.07) is 0.463. The minimum Gasteiger partial charge on any atom is -0.383 e. The molecule has 3 nitrogen and oxygen atoms in total. The fraction of sp³-hybridized carbons (Fsp3) is 0.700. The monoisotopic (exact) mass is 212 g/mol. The molecule has 1 fully saturated rings. The number of ether oxygens (including phenoxy) is 1. The lowest BCUT2D eigenvalue weighted by Crippen LogP contribution is -2.26. The van der Waals surface area contributed by atoms with Crippen LogP contribution in [0.2, 0.25) is 0 Å². The third kappa shape index (κ3) is 2.53. The van der Waals surface area contributed by atoms with E-state index < -0.39 is 0 Å². The molecule has 1 aromatic heterocycles. The Labute approximate surface area is 88.5 Å². The van der Waals surface area contributed by atoms with Crippen LogP contribution in [-0.4, -0.2) is 25.2 Å². The van der Waals surface area contributed by atoms with Crippen LogP contribution in [0.1, 0.15) is 23.9 Å². The minimum atomic E-state index is 0.463. The Hall–Kier alpha value is -0.450. The van der Waals surface area contributed by atoms with Gasteiger partial charge in [-0.25, -0.2) is 4.98 Å². The van der Waals surface area contributed by atoms with Crippen LogP contribution in [0.15, 0.2) is 11.6 Å². The van der Waals surface area contributed by atoms with Gasteiger partial charge < -0.3 is 10.1 Å². The summed E-state index contributed by atoms with van der Waals surface area (Å²) < 4.78 is 5.03. The van der Waals surface area contributed by atoms with Gasteiger partial charge in [0.25, 0.3) is 0 Å². The molecular formula is C10H16N2OS. The number of thiazole rings is 1. The van der Waals surface area contributed by atoms with Gasteiger partial charge in [0.2, 0.25) is 0 Å². The number of methoxy groups -OCH3 is 1. The van der Waals surface area contributed by atoms with Crippen molar-refractivity contribution >= 4 is 11.3 Å². The number of hydrogen-bond donors (Lipinski definition) is 1. The maximum absolute atomic E-state index is 5.03. The lowest BCUT2D eigenvalue weighted by molar-refractivity contribution is 0.194. The molecule has 14 heavy (non-hydrogen) atoms. The standard InChI is InChI=1S/C10H16N2OS/c1-13-6-4-11-9(8-2-3-8)10-12-5-7-14-10/h5,7-9,11H,2-4,6H2,1H3. The first-order valence-electron chi connectivity index (χ1n) is 5.03. The molecule has 0 amide bonds. The number of rotatable bonds is 6. The highest BCUT2D eigenvalue weighted by atomic mass is 32.1. The molecule has 4 heteroatoms. The van der Waals surface area contributed by atoms with Gasteiger partial charge in [-0.2, -0.15) is 0 Å². The third-order valence-electron chi connectivity index (χ3n) is 2.48. The minimum absolute atomic E-state index is 0.463. The van der Waals surface area contributed by atoms with Crippen molar-refractivity contribution in [1.29, 1.82) is 0 Å². The average Bonchev–Trinajstić information content (AvgIpc) is 2.88. The van der Waals surface area contributed by atoms with Crippen LogP contribution >= 0.6 is 11.3 Å². The number of hydrogen-bond acceptors (Lipinski definition) is 4. The first-order chi connectivity index (χ1) is 6.92. The maximum Gasteiger partial charge on any atom is 0.110 e. The average molecular weight is 212 g/mol. The highest BCUT2D eigenvalue weighted by Crippen LogP contribution is 2.41. The zero-order valence-corrected chi connectivity index (χ0v) is 9.22. The van der Waals surface area contributed by atoms with E-state index in [1.807, 2.05) is 11.6 Å². The van der Waals surface area contributed by atoms with Gasteiger partial charge >= 0.3 is 0 Å². The van der Waals surface area contributed by atoms with E-state index in [2.05, 4.69) is 10.3 Å². The van der Waals surface area contributed by atoms with Gasteiger partial charge in [-0.3, -0.25) is 0 Å². The molecule has 1 aliphatic rings. The smallest absolute Gasteiger partial charge is 0.110 e. The number of nitrogens with one attached hydrogen (secondary N) is 1. The summed E-state index contributed by atoms with van der Waals surface area (Å²) in [5.74, 6) is 0.804. The summed E-state index contributed by atoms with van der Waals surface area (Å²) in [5, 5.41) is 6.78. The molecule has 0 radical (unpaired) electrons. The molecule has 1 aliphatic carbocycles. The number of nitrogens with zero attached hydrogens (tertiary/aromatic N) is 1. The van der Waals surface area contributed by atoms with Crippen LogP contribution in [0.3, 0.4) is 0 Å². The lowest BCUT2D eigenvalue weighted by atomic mass is 10.2. The molecule has 1 unspecified atom stereocenters. The van der Waals surface area contributed by atoms with Crippen molar-refractivity contribution in [1.82, 2.24) is 10.3 Å². The SMILES string of the molecule is COCCNC(c1nccs1)C1CC1. The largest absolute Gasteiger partial charge is 0.383 e.